The molecule has 1 atom stereocenters. The van der Waals surface area contributed by atoms with Crippen LogP contribution in [0.25, 0.3) is 11.0 Å². The lowest BCUT2D eigenvalue weighted by Gasteiger charge is -2.09. The van der Waals surface area contributed by atoms with E-state index in [-0.39, 0.29) is 17.2 Å². The first-order valence-corrected chi connectivity index (χ1v) is 8.71. The summed E-state index contributed by atoms with van der Waals surface area (Å²) < 4.78 is 34.7. The molecule has 1 aromatic carbocycles. The Labute approximate surface area is 126 Å². The van der Waals surface area contributed by atoms with Gasteiger partial charge in [-0.05, 0) is 30.9 Å². The van der Waals surface area contributed by atoms with E-state index in [2.05, 4.69) is 13.5 Å². The van der Waals surface area contributed by atoms with E-state index in [4.69, 9.17) is 0 Å². The second kappa shape index (κ2) is 5.53. The zero-order valence-electron chi connectivity index (χ0n) is 11.0. The Morgan fingerprint density at radius 1 is 1.38 bits per heavy atom. The van der Waals surface area contributed by atoms with Crippen molar-refractivity contribution in [1.82, 2.24) is 13.5 Å². The molecule has 0 fully saturated rings. The second-order valence-electron chi connectivity index (χ2n) is 4.89. The fourth-order valence-corrected chi connectivity index (χ4v) is 4.11. The molecule has 0 aliphatic heterocycles. The van der Waals surface area contributed by atoms with Crippen molar-refractivity contribution < 1.29 is 13.2 Å². The van der Waals surface area contributed by atoms with E-state index < -0.39 is 15.9 Å². The molecule has 1 aromatic heterocycles. The summed E-state index contributed by atoms with van der Waals surface area (Å²) in [5.41, 5.74) is 0.803. The number of carbonyl (C=O) groups excluding carboxylic acids is 1. The maximum atomic E-state index is 12.3. The van der Waals surface area contributed by atoms with Gasteiger partial charge in [-0.25, -0.2) is 13.1 Å². The number of nitrogens with one attached hydrogen (secondary N) is 1. The van der Waals surface area contributed by atoms with Crippen molar-refractivity contribution in [2.24, 2.45) is 5.92 Å². The van der Waals surface area contributed by atoms with Crippen LogP contribution in [-0.4, -0.2) is 23.1 Å². The highest BCUT2D eigenvalue weighted by atomic mass is 32.2. The average molecular weight is 323 g/mol. The molecule has 110 valence electrons. The summed E-state index contributed by atoms with van der Waals surface area (Å²) in [6.45, 7) is 0. The van der Waals surface area contributed by atoms with Gasteiger partial charge in [-0.2, -0.15) is 8.75 Å². The summed E-state index contributed by atoms with van der Waals surface area (Å²) in [6.07, 6.45) is 5.97. The van der Waals surface area contributed by atoms with E-state index in [0.717, 1.165) is 24.6 Å². The Morgan fingerprint density at radius 2 is 2.24 bits per heavy atom. The van der Waals surface area contributed by atoms with E-state index in [1.165, 1.54) is 6.07 Å². The van der Waals surface area contributed by atoms with Gasteiger partial charge in [0, 0.05) is 6.42 Å². The zero-order chi connectivity index (χ0) is 14.9. The van der Waals surface area contributed by atoms with Crippen LogP contribution < -0.4 is 4.72 Å². The number of nitrogens with zero attached hydrogens (tertiary/aromatic N) is 2. The van der Waals surface area contributed by atoms with Crippen molar-refractivity contribution in [1.29, 1.82) is 0 Å². The standard InChI is InChI=1S/C13H13N3O3S2/c17-12(8-9-4-1-2-5-9)16-21(18,19)11-7-3-6-10-13(11)15-20-14-10/h1,3-4,6-7,9H,2,5,8H2,(H,16,17). The third-order valence-corrected chi connectivity index (χ3v) is 5.29. The van der Waals surface area contributed by atoms with Gasteiger partial charge in [0.1, 0.15) is 15.9 Å². The predicted octanol–water partition coefficient (Wildman–Crippen LogP) is 1.85. The molecule has 6 nitrogen and oxygen atoms in total. The molecular formula is C13H13N3O3S2. The molecule has 3 rings (SSSR count). The fraction of sp³-hybridized carbons (Fsp3) is 0.308. The average Bonchev–Trinajstić information content (AvgIpc) is 3.07. The number of rotatable bonds is 4. The van der Waals surface area contributed by atoms with Crippen molar-refractivity contribution in [3.05, 3.63) is 30.4 Å². The summed E-state index contributed by atoms with van der Waals surface area (Å²) >= 11 is 0.942. The first kappa shape index (κ1) is 14.2. The monoisotopic (exact) mass is 323 g/mol. The largest absolute Gasteiger partial charge is 0.274 e. The maximum absolute atomic E-state index is 12.3. The van der Waals surface area contributed by atoms with Gasteiger partial charge in [0.25, 0.3) is 10.0 Å². The second-order valence-corrected chi connectivity index (χ2v) is 7.07. The first-order chi connectivity index (χ1) is 10.1. The SMILES string of the molecule is O=C(CC1C=CCC1)NS(=O)(=O)c1cccc2nsnc12. The molecule has 21 heavy (non-hydrogen) atoms. The highest BCUT2D eigenvalue weighted by Gasteiger charge is 2.23. The number of allylic oxidation sites excluding steroid dienone is 2. The predicted molar refractivity (Wildman–Crippen MR) is 79.2 cm³/mol. The minimum absolute atomic E-state index is 0.0101. The van der Waals surface area contributed by atoms with Gasteiger partial charge in [0.05, 0.1) is 11.7 Å². The van der Waals surface area contributed by atoms with Crippen LogP contribution in [0.15, 0.2) is 35.2 Å². The smallest absolute Gasteiger partial charge is 0.266 e. The molecule has 0 saturated heterocycles. The molecule has 1 heterocycles. The van der Waals surface area contributed by atoms with Gasteiger partial charge in [-0.3, -0.25) is 4.79 Å². The van der Waals surface area contributed by atoms with E-state index in [1.807, 2.05) is 12.2 Å². The molecule has 1 N–H and O–H groups in total. The molecule has 1 aliphatic rings. The Kier molecular flexibility index (Phi) is 3.73. The minimum atomic E-state index is -3.92. The van der Waals surface area contributed by atoms with Gasteiger partial charge in [-0.15, -0.1) is 0 Å². The maximum Gasteiger partial charge on any atom is 0.266 e. The molecule has 1 unspecified atom stereocenters. The summed E-state index contributed by atoms with van der Waals surface area (Å²) in [7, 11) is -3.92. The number of hydrogen-bond donors (Lipinski definition) is 1. The number of hydrogen-bond acceptors (Lipinski definition) is 6. The van der Waals surface area contributed by atoms with Crippen molar-refractivity contribution in [2.75, 3.05) is 0 Å². The zero-order valence-corrected chi connectivity index (χ0v) is 12.7. The summed E-state index contributed by atoms with van der Waals surface area (Å²) in [5.74, 6) is -0.372. The number of amides is 1. The van der Waals surface area contributed by atoms with Crippen LogP contribution in [0.2, 0.25) is 0 Å². The first-order valence-electron chi connectivity index (χ1n) is 6.50. The van der Waals surface area contributed by atoms with Crippen LogP contribution in [0.3, 0.4) is 0 Å². The van der Waals surface area contributed by atoms with E-state index in [1.54, 1.807) is 12.1 Å². The third-order valence-electron chi connectivity index (χ3n) is 3.35. The van der Waals surface area contributed by atoms with E-state index in [0.29, 0.717) is 11.0 Å². The number of aromatic nitrogens is 2. The lowest BCUT2D eigenvalue weighted by molar-refractivity contribution is -0.119. The van der Waals surface area contributed by atoms with Crippen molar-refractivity contribution >= 4 is 38.7 Å². The normalized spacial score (nSPS) is 18.2. The Morgan fingerprint density at radius 3 is 3.00 bits per heavy atom. The molecule has 1 amide bonds. The van der Waals surface area contributed by atoms with Gasteiger partial charge < -0.3 is 0 Å². The molecule has 0 saturated carbocycles. The number of fused-ring (bicyclic) bond motifs is 1. The minimum Gasteiger partial charge on any atom is -0.274 e. The topological polar surface area (TPSA) is 89.0 Å². The number of carbonyl (C=O) groups is 1. The number of benzene rings is 1. The van der Waals surface area contributed by atoms with Gasteiger partial charge in [0.15, 0.2) is 0 Å². The van der Waals surface area contributed by atoms with Crippen LogP contribution in [0, 0.1) is 5.92 Å². The fourth-order valence-electron chi connectivity index (χ4n) is 2.35. The third kappa shape index (κ3) is 2.96. The summed E-state index contributed by atoms with van der Waals surface area (Å²) in [4.78, 5) is 11.9. The molecule has 0 radical (unpaired) electrons. The van der Waals surface area contributed by atoms with Crippen LogP contribution in [-0.2, 0) is 14.8 Å². The molecule has 8 heteroatoms. The highest BCUT2D eigenvalue weighted by Crippen LogP contribution is 2.23. The Hall–Kier alpha value is -1.80. The summed E-state index contributed by atoms with van der Waals surface area (Å²) in [5, 5.41) is 0. The van der Waals surface area contributed by atoms with Gasteiger partial charge >= 0.3 is 0 Å². The van der Waals surface area contributed by atoms with E-state index in [9.17, 15) is 13.2 Å². The van der Waals surface area contributed by atoms with Crippen LogP contribution in [0.1, 0.15) is 19.3 Å². The lowest BCUT2D eigenvalue weighted by Crippen LogP contribution is -2.31. The van der Waals surface area contributed by atoms with Gasteiger partial charge in [0.2, 0.25) is 5.91 Å². The molecule has 0 spiro atoms. The van der Waals surface area contributed by atoms with Crippen LogP contribution in [0.4, 0.5) is 0 Å². The van der Waals surface area contributed by atoms with Crippen molar-refractivity contribution in [2.45, 2.75) is 24.2 Å². The Bertz CT molecular complexity index is 811. The molecule has 0 bridgehead atoms. The highest BCUT2D eigenvalue weighted by molar-refractivity contribution is 7.90. The quantitative estimate of drug-likeness (QED) is 0.867. The van der Waals surface area contributed by atoms with Crippen LogP contribution >= 0.6 is 11.7 Å². The Balaban J connectivity index is 1.81. The molecular weight excluding hydrogens is 310 g/mol. The summed E-state index contributed by atoms with van der Waals surface area (Å²) in [6, 6.07) is 4.69. The van der Waals surface area contributed by atoms with Crippen molar-refractivity contribution in [3.63, 3.8) is 0 Å². The van der Waals surface area contributed by atoms with E-state index >= 15 is 0 Å². The van der Waals surface area contributed by atoms with Crippen molar-refractivity contribution in [3.8, 4) is 0 Å². The molecule has 2 aromatic rings. The lowest BCUT2D eigenvalue weighted by atomic mass is 10.1. The molecule has 1 aliphatic carbocycles. The van der Waals surface area contributed by atoms with Crippen LogP contribution in [0.5, 0.6) is 0 Å². The number of sulfonamides is 1. The van der Waals surface area contributed by atoms with Gasteiger partial charge in [-0.1, -0.05) is 18.2 Å².